The lowest BCUT2D eigenvalue weighted by Gasteiger charge is -2.02. The van der Waals surface area contributed by atoms with Crippen molar-refractivity contribution in [2.24, 2.45) is 0 Å². The van der Waals surface area contributed by atoms with E-state index in [-0.39, 0.29) is 0 Å². The standard InChI is InChI=1S/C22H13NO2/c1-12-9-18-21(23-11-12)15-10-13-5-2-3-6-14(13)22-19(15)20-16(24-18)7-4-8-17(20)25-22/h2-11H,1H3. The Balaban J connectivity index is 2.09. The average Bonchev–Trinajstić information content (AvgIpc) is 2.96. The molecule has 0 bridgehead atoms. The smallest absolute Gasteiger partial charge is 0.154 e. The molecule has 6 rings (SSSR count). The minimum atomic E-state index is 0.792. The molecule has 0 N–H and O–H groups in total. The second kappa shape index (κ2) is 4.39. The molecular formula is C22H13NO2. The van der Waals surface area contributed by atoms with E-state index in [9.17, 15) is 0 Å². The van der Waals surface area contributed by atoms with E-state index in [1.165, 1.54) is 0 Å². The first kappa shape index (κ1) is 13.0. The molecule has 25 heavy (non-hydrogen) atoms. The van der Waals surface area contributed by atoms with Gasteiger partial charge in [0.25, 0.3) is 0 Å². The van der Waals surface area contributed by atoms with Crippen molar-refractivity contribution < 1.29 is 8.83 Å². The number of benzene rings is 3. The summed E-state index contributed by atoms with van der Waals surface area (Å²) >= 11 is 0. The summed E-state index contributed by atoms with van der Waals surface area (Å²) in [5.74, 6) is 0. The van der Waals surface area contributed by atoms with Gasteiger partial charge >= 0.3 is 0 Å². The minimum Gasteiger partial charge on any atom is -0.455 e. The number of hydrogen-bond donors (Lipinski definition) is 0. The summed E-state index contributed by atoms with van der Waals surface area (Å²) in [6.45, 7) is 2.03. The normalized spacial score (nSPS) is 12.2. The summed E-state index contributed by atoms with van der Waals surface area (Å²) in [7, 11) is 0. The molecule has 0 radical (unpaired) electrons. The number of furan rings is 1. The number of rotatable bonds is 0. The van der Waals surface area contributed by atoms with Gasteiger partial charge in [0, 0.05) is 22.4 Å². The van der Waals surface area contributed by atoms with Crippen LogP contribution in [0.4, 0.5) is 0 Å². The molecule has 0 fully saturated rings. The van der Waals surface area contributed by atoms with Gasteiger partial charge in [0.05, 0.1) is 5.39 Å². The molecule has 0 amide bonds. The molecule has 0 spiro atoms. The van der Waals surface area contributed by atoms with E-state index < -0.39 is 0 Å². The van der Waals surface area contributed by atoms with E-state index in [0.717, 1.165) is 60.3 Å². The van der Waals surface area contributed by atoms with Crippen molar-refractivity contribution in [2.45, 2.75) is 6.92 Å². The van der Waals surface area contributed by atoms with Crippen LogP contribution in [0.1, 0.15) is 5.56 Å². The van der Waals surface area contributed by atoms with Gasteiger partial charge in [-0.05, 0) is 42.1 Å². The molecule has 3 aromatic carbocycles. The number of pyridine rings is 1. The Hall–Kier alpha value is -3.33. The highest BCUT2D eigenvalue weighted by Crippen LogP contribution is 2.42. The summed E-state index contributed by atoms with van der Waals surface area (Å²) in [5, 5.41) is 5.42. The Labute approximate surface area is 142 Å². The molecule has 0 saturated carbocycles. The molecule has 3 heteroatoms. The third-order valence-electron chi connectivity index (χ3n) is 4.92. The SMILES string of the molecule is Cc1cnc2c(c1)oc1cccc3oc4c5ccccc5cc2c4c13. The van der Waals surface area contributed by atoms with Crippen molar-refractivity contribution in [3.8, 4) is 0 Å². The molecule has 3 nitrogen and oxygen atoms in total. The Kier molecular flexibility index (Phi) is 2.29. The van der Waals surface area contributed by atoms with E-state index in [1.807, 2.05) is 49.5 Å². The molecule has 0 aliphatic carbocycles. The van der Waals surface area contributed by atoms with Gasteiger partial charge in [0.15, 0.2) is 5.58 Å². The van der Waals surface area contributed by atoms with Gasteiger partial charge in [-0.15, -0.1) is 0 Å². The van der Waals surface area contributed by atoms with E-state index in [4.69, 9.17) is 13.8 Å². The third kappa shape index (κ3) is 1.62. The lowest BCUT2D eigenvalue weighted by molar-refractivity contribution is 0.656. The Morgan fingerprint density at radius 3 is 2.52 bits per heavy atom. The van der Waals surface area contributed by atoms with Crippen LogP contribution in [-0.2, 0) is 0 Å². The zero-order valence-electron chi connectivity index (χ0n) is 13.5. The van der Waals surface area contributed by atoms with E-state index in [1.54, 1.807) is 0 Å². The molecule has 0 unspecified atom stereocenters. The number of aryl methyl sites for hydroxylation is 1. The van der Waals surface area contributed by atoms with Crippen LogP contribution in [0, 0.1) is 6.92 Å². The summed E-state index contributed by atoms with van der Waals surface area (Å²) < 4.78 is 12.5. The second-order valence-electron chi connectivity index (χ2n) is 6.54. The predicted octanol–water partition coefficient (Wildman–Crippen LogP) is 6.34. The Bertz CT molecular complexity index is 1450. The van der Waals surface area contributed by atoms with Crippen molar-refractivity contribution in [3.05, 3.63) is 66.4 Å². The third-order valence-corrected chi connectivity index (χ3v) is 4.92. The Morgan fingerprint density at radius 1 is 0.760 bits per heavy atom. The molecule has 0 atom stereocenters. The van der Waals surface area contributed by atoms with Crippen molar-refractivity contribution in [3.63, 3.8) is 0 Å². The van der Waals surface area contributed by atoms with Crippen molar-refractivity contribution in [2.75, 3.05) is 0 Å². The first-order valence-electron chi connectivity index (χ1n) is 8.31. The predicted molar refractivity (Wildman–Crippen MR) is 101 cm³/mol. The van der Waals surface area contributed by atoms with Crippen LogP contribution in [-0.4, -0.2) is 4.98 Å². The highest BCUT2D eigenvalue weighted by molar-refractivity contribution is 6.29. The fourth-order valence-electron chi connectivity index (χ4n) is 3.83. The minimum absolute atomic E-state index is 0.792. The molecule has 3 aromatic heterocycles. The lowest BCUT2D eigenvalue weighted by Crippen LogP contribution is -1.81. The van der Waals surface area contributed by atoms with Gasteiger partial charge in [0.2, 0.25) is 0 Å². The summed E-state index contributed by atoms with van der Waals surface area (Å²) in [6, 6.07) is 18.5. The molecule has 118 valence electrons. The zero-order chi connectivity index (χ0) is 16.5. The number of hydrogen-bond acceptors (Lipinski definition) is 3. The second-order valence-corrected chi connectivity index (χ2v) is 6.54. The quantitative estimate of drug-likeness (QED) is 0.327. The maximum absolute atomic E-state index is 6.26. The van der Waals surface area contributed by atoms with Gasteiger partial charge < -0.3 is 8.83 Å². The molecule has 0 aliphatic heterocycles. The van der Waals surface area contributed by atoms with E-state index in [0.29, 0.717) is 0 Å². The highest BCUT2D eigenvalue weighted by Gasteiger charge is 2.18. The van der Waals surface area contributed by atoms with Crippen LogP contribution in [0.15, 0.2) is 69.6 Å². The van der Waals surface area contributed by atoms with Crippen LogP contribution in [0.2, 0.25) is 0 Å². The molecule has 0 saturated heterocycles. The van der Waals surface area contributed by atoms with Crippen LogP contribution in [0.25, 0.3) is 54.8 Å². The Morgan fingerprint density at radius 2 is 1.60 bits per heavy atom. The van der Waals surface area contributed by atoms with Gasteiger partial charge in [-0.25, -0.2) is 0 Å². The van der Waals surface area contributed by atoms with Gasteiger partial charge in [-0.3, -0.25) is 4.98 Å². The fourth-order valence-corrected chi connectivity index (χ4v) is 3.83. The van der Waals surface area contributed by atoms with E-state index >= 15 is 0 Å². The summed E-state index contributed by atoms with van der Waals surface area (Å²) in [5.41, 5.74) is 5.29. The highest BCUT2D eigenvalue weighted by atomic mass is 16.3. The van der Waals surface area contributed by atoms with Gasteiger partial charge in [-0.1, -0.05) is 30.3 Å². The maximum Gasteiger partial charge on any atom is 0.154 e. The first-order chi connectivity index (χ1) is 12.3. The van der Waals surface area contributed by atoms with Crippen LogP contribution < -0.4 is 0 Å². The monoisotopic (exact) mass is 323 g/mol. The van der Waals surface area contributed by atoms with Crippen molar-refractivity contribution in [1.29, 1.82) is 0 Å². The molecule has 0 aliphatic rings. The molecule has 3 heterocycles. The number of fused-ring (bicyclic) bond motifs is 4. The van der Waals surface area contributed by atoms with Gasteiger partial charge in [0.1, 0.15) is 22.3 Å². The number of aromatic nitrogens is 1. The van der Waals surface area contributed by atoms with Crippen molar-refractivity contribution in [1.82, 2.24) is 4.98 Å². The van der Waals surface area contributed by atoms with Crippen LogP contribution in [0.5, 0.6) is 0 Å². The zero-order valence-corrected chi connectivity index (χ0v) is 13.5. The average molecular weight is 323 g/mol. The largest absolute Gasteiger partial charge is 0.455 e. The van der Waals surface area contributed by atoms with E-state index in [2.05, 4.69) is 18.2 Å². The van der Waals surface area contributed by atoms with Crippen LogP contribution in [0.3, 0.4) is 0 Å². The molecular weight excluding hydrogens is 310 g/mol. The topological polar surface area (TPSA) is 39.2 Å². The lowest BCUT2D eigenvalue weighted by atomic mass is 10.0. The fraction of sp³-hybridized carbons (Fsp3) is 0.0455. The van der Waals surface area contributed by atoms with Crippen molar-refractivity contribution >= 4 is 54.8 Å². The number of nitrogens with zero attached hydrogens (tertiary/aromatic N) is 1. The summed E-state index contributed by atoms with van der Waals surface area (Å²) in [6.07, 6.45) is 1.89. The van der Waals surface area contributed by atoms with Crippen LogP contribution >= 0.6 is 0 Å². The van der Waals surface area contributed by atoms with Gasteiger partial charge in [-0.2, -0.15) is 0 Å². The first-order valence-corrected chi connectivity index (χ1v) is 8.31. The molecule has 6 aromatic rings. The maximum atomic E-state index is 6.26. The summed E-state index contributed by atoms with van der Waals surface area (Å²) in [4.78, 5) is 4.69.